The first-order valence-electron chi connectivity index (χ1n) is 5.18. The smallest absolute Gasteiger partial charge is 0.320 e. The minimum absolute atomic E-state index is 0.269. The SMILES string of the molecule is CC.CCC.O=C(O)C1CCCN1. The lowest BCUT2D eigenvalue weighted by atomic mass is 10.2. The van der Waals surface area contributed by atoms with Gasteiger partial charge in [0.05, 0.1) is 0 Å². The third-order valence-corrected chi connectivity index (χ3v) is 1.36. The van der Waals surface area contributed by atoms with Gasteiger partial charge in [0.25, 0.3) is 0 Å². The number of carbonyl (C=O) groups is 1. The quantitative estimate of drug-likeness (QED) is 0.665. The fourth-order valence-electron chi connectivity index (χ4n) is 0.895. The van der Waals surface area contributed by atoms with Gasteiger partial charge in [0, 0.05) is 0 Å². The van der Waals surface area contributed by atoms with Crippen LogP contribution in [-0.4, -0.2) is 23.7 Å². The summed E-state index contributed by atoms with van der Waals surface area (Å²) >= 11 is 0. The van der Waals surface area contributed by atoms with E-state index < -0.39 is 5.97 Å². The molecule has 3 heteroatoms. The van der Waals surface area contributed by atoms with Gasteiger partial charge in [-0.05, 0) is 19.4 Å². The fourth-order valence-corrected chi connectivity index (χ4v) is 0.895. The van der Waals surface area contributed by atoms with Crippen LogP contribution in [0.3, 0.4) is 0 Å². The third-order valence-electron chi connectivity index (χ3n) is 1.36. The van der Waals surface area contributed by atoms with E-state index in [4.69, 9.17) is 5.11 Å². The highest BCUT2D eigenvalue weighted by atomic mass is 16.4. The van der Waals surface area contributed by atoms with E-state index in [1.54, 1.807) is 0 Å². The van der Waals surface area contributed by atoms with Crippen molar-refractivity contribution in [1.82, 2.24) is 5.32 Å². The Morgan fingerprint density at radius 2 is 1.92 bits per heavy atom. The first kappa shape index (κ1) is 14.9. The zero-order valence-electron chi connectivity index (χ0n) is 9.26. The molecule has 1 saturated heterocycles. The highest BCUT2D eigenvalue weighted by molar-refractivity contribution is 5.73. The van der Waals surface area contributed by atoms with E-state index in [1.807, 2.05) is 13.8 Å². The molecule has 0 aromatic carbocycles. The molecule has 0 amide bonds. The van der Waals surface area contributed by atoms with Crippen molar-refractivity contribution in [3.63, 3.8) is 0 Å². The number of carboxylic acids is 1. The first-order chi connectivity index (χ1) is 6.22. The molecule has 1 unspecified atom stereocenters. The highest BCUT2D eigenvalue weighted by Crippen LogP contribution is 2.03. The molecule has 0 aromatic heterocycles. The van der Waals surface area contributed by atoms with Gasteiger partial charge in [-0.2, -0.15) is 0 Å². The van der Waals surface area contributed by atoms with Crippen LogP contribution in [0.25, 0.3) is 0 Å². The van der Waals surface area contributed by atoms with Gasteiger partial charge in [0.2, 0.25) is 0 Å². The molecule has 1 aliphatic rings. The molecule has 0 aliphatic carbocycles. The molecule has 1 atom stereocenters. The summed E-state index contributed by atoms with van der Waals surface area (Å²) in [4.78, 5) is 10.1. The summed E-state index contributed by atoms with van der Waals surface area (Å²) in [6.45, 7) is 9.11. The van der Waals surface area contributed by atoms with Crippen LogP contribution in [0.5, 0.6) is 0 Å². The average molecular weight is 189 g/mol. The van der Waals surface area contributed by atoms with Gasteiger partial charge in [0.15, 0.2) is 0 Å². The molecular formula is C10H23NO2. The number of carboxylic acid groups (broad SMARTS) is 1. The zero-order valence-corrected chi connectivity index (χ0v) is 9.26. The molecule has 0 saturated carbocycles. The second-order valence-electron chi connectivity index (χ2n) is 2.69. The molecule has 1 heterocycles. The molecule has 0 radical (unpaired) electrons. The van der Waals surface area contributed by atoms with Crippen molar-refractivity contribution in [3.8, 4) is 0 Å². The second kappa shape index (κ2) is 11.4. The van der Waals surface area contributed by atoms with Crippen LogP contribution in [0.4, 0.5) is 0 Å². The average Bonchev–Trinajstić information content (AvgIpc) is 2.61. The summed E-state index contributed by atoms with van der Waals surface area (Å²) in [5.74, 6) is -0.720. The molecule has 0 aromatic rings. The van der Waals surface area contributed by atoms with E-state index in [9.17, 15) is 4.79 Å². The van der Waals surface area contributed by atoms with Crippen molar-refractivity contribution in [2.24, 2.45) is 0 Å². The maximum Gasteiger partial charge on any atom is 0.320 e. The predicted octanol–water partition coefficient (Wildman–Crippen LogP) is 2.27. The second-order valence-corrected chi connectivity index (χ2v) is 2.69. The highest BCUT2D eigenvalue weighted by Gasteiger charge is 2.20. The van der Waals surface area contributed by atoms with Gasteiger partial charge >= 0.3 is 5.97 Å². The summed E-state index contributed by atoms with van der Waals surface area (Å²) in [7, 11) is 0. The standard InChI is InChI=1S/C5H9NO2.C3H8.C2H6/c7-5(8)4-2-1-3-6-4;1-3-2;1-2/h4,6H,1-3H2,(H,7,8);3H2,1-2H3;1-2H3. The Balaban J connectivity index is 0. The van der Waals surface area contributed by atoms with Crippen LogP contribution in [0, 0.1) is 0 Å². The van der Waals surface area contributed by atoms with E-state index in [-0.39, 0.29) is 6.04 Å². The molecule has 80 valence electrons. The molecule has 0 spiro atoms. The predicted molar refractivity (Wildman–Crippen MR) is 56.0 cm³/mol. The Labute approximate surface area is 81.5 Å². The summed E-state index contributed by atoms with van der Waals surface area (Å²) in [6.07, 6.45) is 3.03. The molecule has 13 heavy (non-hydrogen) atoms. The first-order valence-corrected chi connectivity index (χ1v) is 5.18. The van der Waals surface area contributed by atoms with Crippen molar-refractivity contribution in [1.29, 1.82) is 0 Å². The van der Waals surface area contributed by atoms with Gasteiger partial charge in [0.1, 0.15) is 6.04 Å². The topological polar surface area (TPSA) is 49.3 Å². The lowest BCUT2D eigenvalue weighted by molar-refractivity contribution is -0.139. The van der Waals surface area contributed by atoms with Crippen molar-refractivity contribution < 1.29 is 9.90 Å². The van der Waals surface area contributed by atoms with Gasteiger partial charge in [-0.1, -0.05) is 34.1 Å². The van der Waals surface area contributed by atoms with Gasteiger partial charge in [-0.3, -0.25) is 4.79 Å². The molecule has 1 rings (SSSR count). The van der Waals surface area contributed by atoms with E-state index in [2.05, 4.69) is 19.2 Å². The Morgan fingerprint density at radius 3 is 2.08 bits per heavy atom. The number of hydrogen-bond donors (Lipinski definition) is 2. The molecule has 0 bridgehead atoms. The van der Waals surface area contributed by atoms with Crippen LogP contribution >= 0.6 is 0 Å². The van der Waals surface area contributed by atoms with Crippen LogP contribution in [0.2, 0.25) is 0 Å². The van der Waals surface area contributed by atoms with Gasteiger partial charge in [-0.15, -0.1) is 0 Å². The summed E-state index contributed by atoms with van der Waals surface area (Å²) in [5, 5.41) is 11.2. The van der Waals surface area contributed by atoms with Crippen molar-refractivity contribution in [2.45, 2.75) is 53.0 Å². The fraction of sp³-hybridized carbons (Fsp3) is 0.900. The van der Waals surface area contributed by atoms with Crippen molar-refractivity contribution in [2.75, 3.05) is 6.54 Å². The Hall–Kier alpha value is -0.570. The summed E-state index contributed by atoms with van der Waals surface area (Å²) in [6, 6.07) is -0.269. The van der Waals surface area contributed by atoms with Crippen LogP contribution < -0.4 is 5.32 Å². The van der Waals surface area contributed by atoms with E-state index in [1.165, 1.54) is 6.42 Å². The molecule has 2 N–H and O–H groups in total. The Kier molecular flexibility index (Phi) is 13.1. The van der Waals surface area contributed by atoms with E-state index >= 15 is 0 Å². The monoisotopic (exact) mass is 189 g/mol. The number of hydrogen-bond acceptors (Lipinski definition) is 2. The zero-order chi connectivity index (χ0) is 10.7. The maximum atomic E-state index is 10.1. The van der Waals surface area contributed by atoms with Crippen molar-refractivity contribution in [3.05, 3.63) is 0 Å². The molecular weight excluding hydrogens is 166 g/mol. The van der Waals surface area contributed by atoms with Gasteiger partial charge < -0.3 is 10.4 Å². The summed E-state index contributed by atoms with van der Waals surface area (Å²) in [5.41, 5.74) is 0. The minimum atomic E-state index is -0.720. The van der Waals surface area contributed by atoms with Crippen LogP contribution in [-0.2, 0) is 4.79 Å². The molecule has 1 aliphatic heterocycles. The number of aliphatic carboxylic acids is 1. The van der Waals surface area contributed by atoms with Crippen molar-refractivity contribution >= 4 is 5.97 Å². The minimum Gasteiger partial charge on any atom is -0.480 e. The summed E-state index contributed by atoms with van der Waals surface area (Å²) < 4.78 is 0. The molecule has 3 nitrogen and oxygen atoms in total. The Morgan fingerprint density at radius 1 is 1.46 bits per heavy atom. The van der Waals surface area contributed by atoms with E-state index in [0.717, 1.165) is 19.4 Å². The maximum absolute atomic E-state index is 10.1. The number of nitrogens with one attached hydrogen (secondary N) is 1. The Bertz CT molecular complexity index is 109. The normalized spacial score (nSPS) is 19.2. The van der Waals surface area contributed by atoms with E-state index in [0.29, 0.717) is 0 Å². The third kappa shape index (κ3) is 9.34. The lowest BCUT2D eigenvalue weighted by Gasteiger charge is -1.99. The largest absolute Gasteiger partial charge is 0.480 e. The number of rotatable bonds is 1. The van der Waals surface area contributed by atoms with Crippen LogP contribution in [0.15, 0.2) is 0 Å². The van der Waals surface area contributed by atoms with Gasteiger partial charge in [-0.25, -0.2) is 0 Å². The molecule has 1 fully saturated rings. The lowest BCUT2D eigenvalue weighted by Crippen LogP contribution is -2.29. The van der Waals surface area contributed by atoms with Crippen LogP contribution in [0.1, 0.15) is 47.0 Å².